The van der Waals surface area contributed by atoms with Gasteiger partial charge in [-0.05, 0) is 0 Å². The van der Waals surface area contributed by atoms with E-state index in [9.17, 15) is 18.0 Å². The van der Waals surface area contributed by atoms with Gasteiger partial charge in [0.2, 0.25) is 5.91 Å². The molecule has 0 saturated carbocycles. The molecule has 1 aliphatic rings. The number of carbonyl (C=O) groups is 1. The first-order valence-corrected chi connectivity index (χ1v) is 4.51. The number of hydrogen-bond donors (Lipinski definition) is 2. The van der Waals surface area contributed by atoms with Gasteiger partial charge in [0.15, 0.2) is 0 Å². The van der Waals surface area contributed by atoms with Crippen molar-refractivity contribution in [3.8, 4) is 0 Å². The molecular weight excluding hydrogens is 213 g/mol. The van der Waals surface area contributed by atoms with Gasteiger partial charge in [-0.2, -0.15) is 13.2 Å². The van der Waals surface area contributed by atoms with Gasteiger partial charge in [-0.15, -0.1) is 0 Å². The lowest BCUT2D eigenvalue weighted by Gasteiger charge is -2.22. The quantitative estimate of drug-likeness (QED) is 0.706. The summed E-state index contributed by atoms with van der Waals surface area (Å²) in [4.78, 5) is 11.0. The number of amides is 1. The molecule has 4 nitrogen and oxygen atoms in total. The lowest BCUT2D eigenvalue weighted by molar-refractivity contribution is -0.174. The monoisotopic (exact) mass is 226 g/mol. The Morgan fingerprint density at radius 2 is 2.20 bits per heavy atom. The topological polar surface area (TPSA) is 50.4 Å². The summed E-state index contributed by atoms with van der Waals surface area (Å²) in [6, 6.07) is -0.896. The fraction of sp³-hybridized carbons (Fsp3) is 0.875. The van der Waals surface area contributed by atoms with Crippen LogP contribution in [0.25, 0.3) is 0 Å². The molecule has 1 fully saturated rings. The van der Waals surface area contributed by atoms with Crippen LogP contribution in [0.5, 0.6) is 0 Å². The average Bonchev–Trinajstić information content (AvgIpc) is 2.51. The summed E-state index contributed by atoms with van der Waals surface area (Å²) in [6.07, 6.45) is -4.28. The number of alkyl halides is 3. The molecule has 0 aromatic heterocycles. The van der Waals surface area contributed by atoms with E-state index in [4.69, 9.17) is 0 Å². The molecule has 1 amide bonds. The van der Waals surface area contributed by atoms with Crippen LogP contribution < -0.4 is 10.6 Å². The van der Waals surface area contributed by atoms with Gasteiger partial charge in [0.1, 0.15) is 6.61 Å². The van der Waals surface area contributed by atoms with E-state index in [-0.39, 0.29) is 19.7 Å². The average molecular weight is 226 g/mol. The van der Waals surface area contributed by atoms with Gasteiger partial charge in [0, 0.05) is 20.2 Å². The molecule has 0 aromatic rings. The summed E-state index contributed by atoms with van der Waals surface area (Å²) >= 11 is 0. The predicted octanol–water partition coefficient (Wildman–Crippen LogP) is -0.101. The van der Waals surface area contributed by atoms with Crippen molar-refractivity contribution in [3.63, 3.8) is 0 Å². The van der Waals surface area contributed by atoms with Crippen molar-refractivity contribution in [2.45, 2.75) is 12.2 Å². The van der Waals surface area contributed by atoms with Crippen LogP contribution in [0.3, 0.4) is 0 Å². The summed E-state index contributed by atoms with van der Waals surface area (Å²) in [6.45, 7) is -0.234. The van der Waals surface area contributed by atoms with Gasteiger partial charge >= 0.3 is 6.18 Å². The van der Waals surface area contributed by atoms with E-state index in [0.717, 1.165) is 0 Å². The largest absolute Gasteiger partial charge is 0.395 e. The van der Waals surface area contributed by atoms with Crippen LogP contribution >= 0.6 is 0 Å². The Morgan fingerprint density at radius 1 is 1.53 bits per heavy atom. The van der Waals surface area contributed by atoms with Crippen LogP contribution in [-0.4, -0.2) is 44.9 Å². The summed E-state index contributed by atoms with van der Waals surface area (Å²) < 4.78 is 41.8. The summed E-state index contributed by atoms with van der Waals surface area (Å²) in [7, 11) is 1.31. The van der Waals surface area contributed by atoms with E-state index in [2.05, 4.69) is 15.4 Å². The predicted molar refractivity (Wildman–Crippen MR) is 46.2 cm³/mol. The number of ether oxygens (including phenoxy) is 1. The fourth-order valence-electron chi connectivity index (χ4n) is 1.55. The second-order valence-corrected chi connectivity index (χ2v) is 3.41. The molecule has 7 heteroatoms. The van der Waals surface area contributed by atoms with Crippen molar-refractivity contribution in [1.82, 2.24) is 10.6 Å². The molecule has 0 bridgehead atoms. The third-order valence-electron chi connectivity index (χ3n) is 2.26. The Morgan fingerprint density at radius 3 is 2.73 bits per heavy atom. The number of methoxy groups -OCH3 is 1. The highest BCUT2D eigenvalue weighted by atomic mass is 19.4. The fourth-order valence-corrected chi connectivity index (χ4v) is 1.55. The molecule has 0 radical (unpaired) electrons. The Balaban J connectivity index is 2.50. The SMILES string of the molecule is COCC(=O)N[C@@H]1CNC[C@H]1C(F)(F)F. The molecule has 2 N–H and O–H groups in total. The Labute approximate surface area is 85.2 Å². The molecule has 2 atom stereocenters. The van der Waals surface area contributed by atoms with E-state index >= 15 is 0 Å². The highest BCUT2D eigenvalue weighted by molar-refractivity contribution is 5.77. The first-order valence-electron chi connectivity index (χ1n) is 4.51. The van der Waals surface area contributed by atoms with Crippen LogP contribution in [-0.2, 0) is 9.53 Å². The number of carbonyl (C=O) groups excluding carboxylic acids is 1. The van der Waals surface area contributed by atoms with Crippen LogP contribution in [0.1, 0.15) is 0 Å². The zero-order chi connectivity index (χ0) is 11.5. The second-order valence-electron chi connectivity index (χ2n) is 3.41. The molecule has 1 aliphatic heterocycles. The van der Waals surface area contributed by atoms with E-state index < -0.39 is 24.0 Å². The first-order chi connectivity index (χ1) is 6.95. The second kappa shape index (κ2) is 4.80. The van der Waals surface area contributed by atoms with Crippen molar-refractivity contribution in [1.29, 1.82) is 0 Å². The van der Waals surface area contributed by atoms with E-state index in [1.807, 2.05) is 0 Å². The smallest absolute Gasteiger partial charge is 0.375 e. The summed E-state index contributed by atoms with van der Waals surface area (Å²) in [5.41, 5.74) is 0. The van der Waals surface area contributed by atoms with Gasteiger partial charge in [0.05, 0.1) is 12.0 Å². The molecule has 0 aromatic carbocycles. The molecule has 15 heavy (non-hydrogen) atoms. The highest BCUT2D eigenvalue weighted by Crippen LogP contribution is 2.30. The van der Waals surface area contributed by atoms with Crippen LogP contribution in [0.4, 0.5) is 13.2 Å². The van der Waals surface area contributed by atoms with Crippen molar-refractivity contribution in [3.05, 3.63) is 0 Å². The maximum absolute atomic E-state index is 12.4. The third kappa shape index (κ3) is 3.35. The number of rotatable bonds is 3. The van der Waals surface area contributed by atoms with Gasteiger partial charge in [-0.25, -0.2) is 0 Å². The van der Waals surface area contributed by atoms with Crippen molar-refractivity contribution in [2.75, 3.05) is 26.8 Å². The molecule has 88 valence electrons. The Bertz CT molecular complexity index is 232. The molecule has 1 heterocycles. The van der Waals surface area contributed by atoms with Gasteiger partial charge in [-0.1, -0.05) is 0 Å². The molecular formula is C8H13F3N2O2. The summed E-state index contributed by atoms with van der Waals surface area (Å²) in [5, 5.41) is 4.89. The highest BCUT2D eigenvalue weighted by Gasteiger charge is 2.47. The lowest BCUT2D eigenvalue weighted by Crippen LogP contribution is -2.46. The van der Waals surface area contributed by atoms with E-state index in [1.165, 1.54) is 7.11 Å². The maximum atomic E-state index is 12.4. The molecule has 0 unspecified atom stereocenters. The zero-order valence-electron chi connectivity index (χ0n) is 8.23. The van der Waals surface area contributed by atoms with Gasteiger partial charge < -0.3 is 15.4 Å². The standard InChI is InChI=1S/C8H13F3N2O2/c1-15-4-7(14)13-6-3-12-2-5(6)8(9,10)11/h5-6,12H,2-4H2,1H3,(H,13,14)/t5-,6-/m1/s1. The zero-order valence-corrected chi connectivity index (χ0v) is 8.23. The Kier molecular flexibility index (Phi) is 3.92. The van der Waals surface area contributed by atoms with Crippen molar-refractivity contribution < 1.29 is 22.7 Å². The first kappa shape index (κ1) is 12.3. The van der Waals surface area contributed by atoms with Crippen LogP contribution in [0.15, 0.2) is 0 Å². The Hall–Kier alpha value is -0.820. The summed E-state index contributed by atoms with van der Waals surface area (Å²) in [5.74, 6) is -2.04. The molecule has 1 saturated heterocycles. The van der Waals surface area contributed by atoms with Crippen LogP contribution in [0, 0.1) is 5.92 Å². The van der Waals surface area contributed by atoms with Gasteiger partial charge in [0.25, 0.3) is 0 Å². The van der Waals surface area contributed by atoms with Crippen molar-refractivity contribution in [2.24, 2.45) is 5.92 Å². The van der Waals surface area contributed by atoms with E-state index in [0.29, 0.717) is 0 Å². The van der Waals surface area contributed by atoms with Gasteiger partial charge in [-0.3, -0.25) is 4.79 Å². The maximum Gasteiger partial charge on any atom is 0.395 e. The minimum atomic E-state index is -4.28. The number of nitrogens with one attached hydrogen (secondary N) is 2. The minimum absolute atomic E-state index is 0.139. The molecule has 1 rings (SSSR count). The number of hydrogen-bond acceptors (Lipinski definition) is 3. The lowest BCUT2D eigenvalue weighted by atomic mass is 10.0. The molecule has 0 spiro atoms. The minimum Gasteiger partial charge on any atom is -0.375 e. The number of halogens is 3. The van der Waals surface area contributed by atoms with Crippen LogP contribution in [0.2, 0.25) is 0 Å². The van der Waals surface area contributed by atoms with E-state index in [1.54, 1.807) is 0 Å². The molecule has 0 aliphatic carbocycles. The normalized spacial score (nSPS) is 26.7. The van der Waals surface area contributed by atoms with Crippen molar-refractivity contribution >= 4 is 5.91 Å². The third-order valence-corrected chi connectivity index (χ3v) is 2.26.